The zero-order valence-electron chi connectivity index (χ0n) is 15.1. The first-order valence-electron chi connectivity index (χ1n) is 8.51. The number of fused-ring (bicyclic) bond motifs is 1. The van der Waals surface area contributed by atoms with Crippen LogP contribution in [0.15, 0.2) is 34.4 Å². The molecule has 0 fully saturated rings. The van der Waals surface area contributed by atoms with Gasteiger partial charge in [0.25, 0.3) is 0 Å². The van der Waals surface area contributed by atoms with Gasteiger partial charge in [-0.2, -0.15) is 4.52 Å². The molecule has 3 N–H and O–H groups in total. The lowest BCUT2D eigenvalue weighted by atomic mass is 10.2. The summed E-state index contributed by atoms with van der Waals surface area (Å²) in [7, 11) is 4.13. The predicted octanol–water partition coefficient (Wildman–Crippen LogP) is 2.45. The quantitative estimate of drug-likeness (QED) is 0.468. The minimum absolute atomic E-state index is 0.260. The molecule has 0 aliphatic rings. The zero-order chi connectivity index (χ0) is 18.8. The average molecular weight is 384 g/mol. The van der Waals surface area contributed by atoms with Gasteiger partial charge in [0, 0.05) is 18.1 Å². The average Bonchev–Trinajstić information content (AvgIpc) is 3.38. The molecule has 27 heavy (non-hydrogen) atoms. The molecule has 0 saturated heterocycles. The monoisotopic (exact) mass is 384 g/mol. The Kier molecular flexibility index (Phi) is 4.73. The van der Waals surface area contributed by atoms with E-state index in [1.807, 2.05) is 5.38 Å². The summed E-state index contributed by atoms with van der Waals surface area (Å²) in [6.45, 7) is 1.90. The van der Waals surface area contributed by atoms with E-state index in [1.165, 1.54) is 4.52 Å². The highest BCUT2D eigenvalue weighted by Crippen LogP contribution is 2.29. The Bertz CT molecular complexity index is 1040. The van der Waals surface area contributed by atoms with Crippen molar-refractivity contribution in [3.8, 4) is 22.8 Å². The third-order valence-electron chi connectivity index (χ3n) is 3.97. The number of hydrogen-bond acceptors (Lipinski definition) is 9. The van der Waals surface area contributed by atoms with Crippen molar-refractivity contribution in [1.82, 2.24) is 29.5 Å². The van der Waals surface area contributed by atoms with Crippen LogP contribution in [0.4, 0.5) is 11.1 Å². The molecule has 0 amide bonds. The molecule has 0 bridgehead atoms. The van der Waals surface area contributed by atoms with E-state index in [1.54, 1.807) is 35.9 Å². The van der Waals surface area contributed by atoms with Gasteiger partial charge in [0.1, 0.15) is 0 Å². The van der Waals surface area contributed by atoms with Crippen molar-refractivity contribution in [3.05, 3.63) is 30.0 Å². The maximum absolute atomic E-state index is 5.97. The molecule has 0 aliphatic heterocycles. The topological polar surface area (TPSA) is 110 Å². The fourth-order valence-corrected chi connectivity index (χ4v) is 3.39. The molecule has 140 valence electrons. The van der Waals surface area contributed by atoms with Crippen molar-refractivity contribution in [1.29, 1.82) is 0 Å². The number of nitrogens with one attached hydrogen (secondary N) is 1. The van der Waals surface area contributed by atoms with Gasteiger partial charge in [-0.05, 0) is 39.2 Å². The number of rotatable bonds is 7. The number of nitrogen functional groups attached to an aromatic ring is 1. The van der Waals surface area contributed by atoms with Gasteiger partial charge in [-0.25, -0.2) is 15.0 Å². The number of thiazole rings is 1. The molecule has 4 heterocycles. The Balaban J connectivity index is 1.61. The predicted molar refractivity (Wildman–Crippen MR) is 106 cm³/mol. The van der Waals surface area contributed by atoms with Crippen LogP contribution in [0.3, 0.4) is 0 Å². The van der Waals surface area contributed by atoms with Crippen molar-refractivity contribution >= 4 is 28.1 Å². The van der Waals surface area contributed by atoms with E-state index in [-0.39, 0.29) is 5.95 Å². The molecule has 0 atom stereocenters. The summed E-state index contributed by atoms with van der Waals surface area (Å²) in [5, 5.41) is 10.6. The van der Waals surface area contributed by atoms with Crippen molar-refractivity contribution in [2.75, 3.05) is 38.2 Å². The van der Waals surface area contributed by atoms with Gasteiger partial charge in [0.2, 0.25) is 11.8 Å². The number of furan rings is 1. The third kappa shape index (κ3) is 3.62. The number of nitrogens with zero attached hydrogens (tertiary/aromatic N) is 6. The summed E-state index contributed by atoms with van der Waals surface area (Å²) < 4.78 is 6.89. The molecular formula is C17H20N8OS. The fraction of sp³-hybridized carbons (Fsp3) is 0.294. The van der Waals surface area contributed by atoms with Crippen molar-refractivity contribution in [3.63, 3.8) is 0 Å². The van der Waals surface area contributed by atoms with Crippen molar-refractivity contribution in [2.45, 2.75) is 6.42 Å². The summed E-state index contributed by atoms with van der Waals surface area (Å²) in [6.07, 6.45) is 4.31. The van der Waals surface area contributed by atoms with Crippen LogP contribution in [0.2, 0.25) is 0 Å². The lowest BCUT2D eigenvalue weighted by molar-refractivity contribution is 0.405. The number of hydrogen-bond donors (Lipinski definition) is 2. The molecule has 0 saturated carbocycles. The molecule has 0 spiro atoms. The van der Waals surface area contributed by atoms with Crippen LogP contribution in [0, 0.1) is 0 Å². The van der Waals surface area contributed by atoms with Crippen LogP contribution in [-0.4, -0.2) is 56.7 Å². The lowest BCUT2D eigenvalue weighted by Crippen LogP contribution is -2.16. The molecule has 0 radical (unpaired) electrons. The molecule has 4 rings (SSSR count). The largest absolute Gasteiger partial charge is 0.461 e. The van der Waals surface area contributed by atoms with E-state index < -0.39 is 0 Å². The van der Waals surface area contributed by atoms with E-state index in [4.69, 9.17) is 10.2 Å². The minimum atomic E-state index is 0.260. The van der Waals surface area contributed by atoms with Gasteiger partial charge in [0.05, 0.1) is 17.5 Å². The van der Waals surface area contributed by atoms with Crippen LogP contribution in [0.1, 0.15) is 6.42 Å². The second-order valence-electron chi connectivity index (χ2n) is 6.30. The van der Waals surface area contributed by atoms with Gasteiger partial charge >= 0.3 is 0 Å². The number of anilines is 2. The van der Waals surface area contributed by atoms with Gasteiger partial charge in [-0.15, -0.1) is 16.4 Å². The summed E-state index contributed by atoms with van der Waals surface area (Å²) in [4.78, 5) is 15.6. The Morgan fingerprint density at radius 1 is 1.33 bits per heavy atom. The highest BCUT2D eigenvalue weighted by Gasteiger charge is 2.17. The van der Waals surface area contributed by atoms with Gasteiger partial charge in [-0.1, -0.05) is 0 Å². The van der Waals surface area contributed by atoms with Gasteiger partial charge < -0.3 is 20.4 Å². The Morgan fingerprint density at radius 2 is 2.22 bits per heavy atom. The molecule has 0 unspecified atom stereocenters. The first-order chi connectivity index (χ1) is 13.1. The Hall–Kier alpha value is -2.98. The summed E-state index contributed by atoms with van der Waals surface area (Å²) in [5.74, 6) is 1.29. The second kappa shape index (κ2) is 7.33. The maximum Gasteiger partial charge on any atom is 0.223 e. The van der Waals surface area contributed by atoms with Crippen LogP contribution in [0.5, 0.6) is 0 Å². The third-order valence-corrected chi connectivity index (χ3v) is 4.77. The minimum Gasteiger partial charge on any atom is -0.461 e. The maximum atomic E-state index is 5.97. The van der Waals surface area contributed by atoms with E-state index in [9.17, 15) is 0 Å². The molecule has 0 aromatic carbocycles. The molecule has 0 aliphatic carbocycles. The van der Waals surface area contributed by atoms with Gasteiger partial charge in [-0.3, -0.25) is 0 Å². The number of nitrogens with two attached hydrogens (primary N) is 1. The lowest BCUT2D eigenvalue weighted by Gasteiger charge is -2.08. The van der Waals surface area contributed by atoms with Crippen LogP contribution >= 0.6 is 11.3 Å². The molecular weight excluding hydrogens is 364 g/mol. The second-order valence-corrected chi connectivity index (χ2v) is 7.16. The first kappa shape index (κ1) is 17.4. The molecule has 9 nitrogen and oxygen atoms in total. The Morgan fingerprint density at radius 3 is 3.00 bits per heavy atom. The van der Waals surface area contributed by atoms with Crippen molar-refractivity contribution < 1.29 is 4.42 Å². The molecule has 4 aromatic heterocycles. The zero-order valence-corrected chi connectivity index (χ0v) is 15.9. The smallest absolute Gasteiger partial charge is 0.223 e. The molecule has 10 heteroatoms. The molecule has 4 aromatic rings. The number of aromatic nitrogens is 5. The van der Waals surface area contributed by atoms with Crippen molar-refractivity contribution in [2.24, 2.45) is 0 Å². The standard InChI is InChI=1S/C17H20N8OS/c1-24(2)7-4-6-19-17-21-12(10-27-17)11-9-20-16(18)25-15(11)22-14(23-25)13-5-3-8-26-13/h3,5,8-10H,4,6-7H2,1-2H3,(H2,18,20)(H,19,21). The normalized spacial score (nSPS) is 11.5. The summed E-state index contributed by atoms with van der Waals surface area (Å²) >= 11 is 1.55. The van der Waals surface area contributed by atoms with Crippen LogP contribution in [0.25, 0.3) is 28.5 Å². The van der Waals surface area contributed by atoms with E-state index in [2.05, 4.69) is 44.4 Å². The summed E-state index contributed by atoms with van der Waals surface area (Å²) in [6, 6.07) is 3.59. The summed E-state index contributed by atoms with van der Waals surface area (Å²) in [5.41, 5.74) is 8.11. The highest BCUT2D eigenvalue weighted by molar-refractivity contribution is 7.14. The SMILES string of the molecule is CN(C)CCCNc1nc(-c2cnc(N)n3nc(-c4ccco4)nc23)cs1. The fourth-order valence-electron chi connectivity index (χ4n) is 2.65. The van der Waals surface area contributed by atoms with Crippen LogP contribution < -0.4 is 11.1 Å². The van der Waals surface area contributed by atoms with Crippen LogP contribution in [-0.2, 0) is 0 Å². The van der Waals surface area contributed by atoms with E-state index in [0.29, 0.717) is 17.2 Å². The highest BCUT2D eigenvalue weighted by atomic mass is 32.1. The van der Waals surface area contributed by atoms with E-state index >= 15 is 0 Å². The van der Waals surface area contributed by atoms with E-state index in [0.717, 1.165) is 35.9 Å². The Labute approximate surface area is 159 Å². The van der Waals surface area contributed by atoms with Gasteiger partial charge in [0.15, 0.2) is 16.5 Å². The first-order valence-corrected chi connectivity index (χ1v) is 9.39.